The third-order valence-electron chi connectivity index (χ3n) is 5.64. The first-order valence-electron chi connectivity index (χ1n) is 9.97. The molecule has 1 heterocycles. The molecule has 0 aromatic heterocycles. The lowest BCUT2D eigenvalue weighted by molar-refractivity contribution is -0.170. The van der Waals surface area contributed by atoms with Crippen LogP contribution in [0, 0.1) is 0 Å². The normalized spacial score (nSPS) is 20.6. The van der Waals surface area contributed by atoms with Crippen LogP contribution in [0.3, 0.4) is 0 Å². The number of carbonyl (C=O) groups is 3. The maximum absolute atomic E-state index is 12.7. The molecule has 0 aliphatic carbocycles. The van der Waals surface area contributed by atoms with E-state index in [0.29, 0.717) is 18.4 Å². The third-order valence-corrected chi connectivity index (χ3v) is 5.64. The Morgan fingerprint density at radius 2 is 1.55 bits per heavy atom. The average molecular weight is 427 g/mol. The quantitative estimate of drug-likeness (QED) is 0.529. The maximum Gasteiger partial charge on any atom is 0.336 e. The minimum Gasteiger partial charge on any atom is -0.481 e. The SMILES string of the molecule is O=C(O)CC(O)(CC(=O)N1CCCC(O)(c2ccc(-c3ccccc3)cc2)C1)C(=O)O. The van der Waals surface area contributed by atoms with Crippen molar-refractivity contribution in [2.24, 2.45) is 0 Å². The number of aliphatic hydroxyl groups is 2. The van der Waals surface area contributed by atoms with E-state index in [1.54, 1.807) is 12.1 Å². The van der Waals surface area contributed by atoms with Gasteiger partial charge in [0.05, 0.1) is 19.4 Å². The smallest absolute Gasteiger partial charge is 0.336 e. The average Bonchev–Trinajstić information content (AvgIpc) is 2.74. The molecule has 0 spiro atoms. The first-order valence-corrected chi connectivity index (χ1v) is 9.97. The zero-order valence-electron chi connectivity index (χ0n) is 16.9. The van der Waals surface area contributed by atoms with Crippen molar-refractivity contribution >= 4 is 17.8 Å². The van der Waals surface area contributed by atoms with Gasteiger partial charge in [-0.1, -0.05) is 54.6 Å². The second-order valence-corrected chi connectivity index (χ2v) is 7.98. The third kappa shape index (κ3) is 5.10. The van der Waals surface area contributed by atoms with Crippen LogP contribution in [-0.4, -0.2) is 61.9 Å². The Balaban J connectivity index is 1.75. The van der Waals surface area contributed by atoms with Crippen LogP contribution in [-0.2, 0) is 20.0 Å². The van der Waals surface area contributed by atoms with Crippen molar-refractivity contribution in [1.82, 2.24) is 4.90 Å². The van der Waals surface area contributed by atoms with Crippen LogP contribution in [0.4, 0.5) is 0 Å². The number of amides is 1. The van der Waals surface area contributed by atoms with Gasteiger partial charge < -0.3 is 25.3 Å². The molecule has 2 aromatic carbocycles. The lowest BCUT2D eigenvalue weighted by Crippen LogP contribution is -2.52. The van der Waals surface area contributed by atoms with Crippen molar-refractivity contribution in [3.05, 3.63) is 60.2 Å². The molecule has 3 rings (SSSR count). The minimum atomic E-state index is -2.70. The molecule has 1 aliphatic rings. The highest BCUT2D eigenvalue weighted by atomic mass is 16.4. The van der Waals surface area contributed by atoms with Crippen LogP contribution in [0.15, 0.2) is 54.6 Å². The highest BCUT2D eigenvalue weighted by Crippen LogP contribution is 2.33. The van der Waals surface area contributed by atoms with Gasteiger partial charge in [-0.15, -0.1) is 0 Å². The monoisotopic (exact) mass is 427 g/mol. The van der Waals surface area contributed by atoms with E-state index in [1.165, 1.54) is 4.90 Å². The number of rotatable bonds is 7. The number of carboxylic acid groups (broad SMARTS) is 2. The Hall–Kier alpha value is -3.23. The fraction of sp³-hybridized carbons (Fsp3) is 0.348. The molecular weight excluding hydrogens is 402 g/mol. The minimum absolute atomic E-state index is 0.0702. The van der Waals surface area contributed by atoms with Crippen molar-refractivity contribution in [2.45, 2.75) is 36.9 Å². The topological polar surface area (TPSA) is 135 Å². The number of β-amino-alcohol motifs (C(OH)–C–C–N with tert-alkyl or cyclic N) is 1. The van der Waals surface area contributed by atoms with Gasteiger partial charge in [0, 0.05) is 6.54 Å². The Morgan fingerprint density at radius 3 is 2.13 bits per heavy atom. The molecule has 2 atom stereocenters. The van der Waals surface area contributed by atoms with Crippen molar-refractivity contribution in [3.8, 4) is 11.1 Å². The Labute approximate surface area is 179 Å². The van der Waals surface area contributed by atoms with Crippen molar-refractivity contribution in [2.75, 3.05) is 13.1 Å². The number of hydrogen-bond donors (Lipinski definition) is 4. The molecule has 0 saturated carbocycles. The molecule has 8 nitrogen and oxygen atoms in total. The molecule has 1 fully saturated rings. The van der Waals surface area contributed by atoms with E-state index in [-0.39, 0.29) is 13.1 Å². The molecule has 4 N–H and O–H groups in total. The van der Waals surface area contributed by atoms with Crippen LogP contribution in [0.1, 0.15) is 31.2 Å². The molecule has 31 heavy (non-hydrogen) atoms. The summed E-state index contributed by atoms with van der Waals surface area (Å²) in [7, 11) is 0. The fourth-order valence-corrected chi connectivity index (χ4v) is 3.91. The van der Waals surface area contributed by atoms with Gasteiger partial charge in [-0.2, -0.15) is 0 Å². The summed E-state index contributed by atoms with van der Waals surface area (Å²) in [6.07, 6.45) is -1.07. The number of hydrogen-bond acceptors (Lipinski definition) is 5. The highest BCUT2D eigenvalue weighted by molar-refractivity contribution is 5.90. The van der Waals surface area contributed by atoms with Crippen molar-refractivity contribution in [1.29, 1.82) is 0 Å². The van der Waals surface area contributed by atoms with Gasteiger partial charge in [0.25, 0.3) is 0 Å². The molecule has 1 amide bonds. The second-order valence-electron chi connectivity index (χ2n) is 7.98. The summed E-state index contributed by atoms with van der Waals surface area (Å²) in [5.41, 5.74) is -1.37. The molecule has 0 bridgehead atoms. The van der Waals surface area contributed by atoms with E-state index in [2.05, 4.69) is 0 Å². The summed E-state index contributed by atoms with van der Waals surface area (Å²) in [5, 5.41) is 39.4. The van der Waals surface area contributed by atoms with Gasteiger partial charge in [0.2, 0.25) is 5.91 Å². The van der Waals surface area contributed by atoms with Gasteiger partial charge in [0.1, 0.15) is 5.60 Å². The number of carbonyl (C=O) groups excluding carboxylic acids is 1. The number of piperidine rings is 1. The lowest BCUT2D eigenvalue weighted by atomic mass is 9.84. The van der Waals surface area contributed by atoms with Crippen molar-refractivity contribution < 1.29 is 34.8 Å². The molecular formula is C23H25NO7. The van der Waals surface area contributed by atoms with Crippen LogP contribution in [0.2, 0.25) is 0 Å². The first kappa shape index (κ1) is 22.5. The zero-order valence-corrected chi connectivity index (χ0v) is 16.9. The molecule has 164 valence electrons. The maximum atomic E-state index is 12.7. The van der Waals surface area contributed by atoms with E-state index < -0.39 is 41.9 Å². The number of likely N-dealkylation sites (tertiary alicyclic amines) is 1. The predicted molar refractivity (Wildman–Crippen MR) is 111 cm³/mol. The van der Waals surface area contributed by atoms with Gasteiger partial charge in [0.15, 0.2) is 5.60 Å². The molecule has 1 aliphatic heterocycles. The van der Waals surface area contributed by atoms with Gasteiger partial charge in [-0.3, -0.25) is 9.59 Å². The Kier molecular flexibility index (Phi) is 6.42. The summed E-state index contributed by atoms with van der Waals surface area (Å²) in [6, 6.07) is 17.1. The van der Waals surface area contributed by atoms with Crippen LogP contribution >= 0.6 is 0 Å². The molecule has 2 unspecified atom stereocenters. The van der Waals surface area contributed by atoms with Crippen LogP contribution in [0.5, 0.6) is 0 Å². The van der Waals surface area contributed by atoms with E-state index in [0.717, 1.165) is 11.1 Å². The van der Waals surface area contributed by atoms with Gasteiger partial charge in [-0.25, -0.2) is 4.79 Å². The molecule has 0 radical (unpaired) electrons. The summed E-state index contributed by atoms with van der Waals surface area (Å²) in [6.45, 7) is 0.214. The van der Waals surface area contributed by atoms with E-state index in [4.69, 9.17) is 5.11 Å². The molecule has 1 saturated heterocycles. The van der Waals surface area contributed by atoms with Gasteiger partial charge >= 0.3 is 11.9 Å². The number of nitrogens with zero attached hydrogens (tertiary/aromatic N) is 1. The number of carboxylic acids is 2. The fourth-order valence-electron chi connectivity index (χ4n) is 3.91. The number of aliphatic carboxylic acids is 2. The first-order chi connectivity index (χ1) is 14.6. The second kappa shape index (κ2) is 8.87. The largest absolute Gasteiger partial charge is 0.481 e. The molecule has 8 heteroatoms. The highest BCUT2D eigenvalue weighted by Gasteiger charge is 2.44. The van der Waals surface area contributed by atoms with E-state index in [9.17, 15) is 29.7 Å². The summed E-state index contributed by atoms with van der Waals surface area (Å²) < 4.78 is 0. The molecule has 2 aromatic rings. The zero-order chi connectivity index (χ0) is 22.6. The summed E-state index contributed by atoms with van der Waals surface area (Å²) in [4.78, 5) is 36.2. The summed E-state index contributed by atoms with van der Waals surface area (Å²) >= 11 is 0. The Bertz CT molecular complexity index is 960. The van der Waals surface area contributed by atoms with Crippen LogP contribution in [0.25, 0.3) is 11.1 Å². The van der Waals surface area contributed by atoms with Gasteiger partial charge in [-0.05, 0) is 29.5 Å². The lowest BCUT2D eigenvalue weighted by Gasteiger charge is -2.40. The standard InChI is InChI=1S/C23H25NO7/c25-19(13-23(31,21(28)29)14-20(26)27)24-12-4-11-22(30,15-24)18-9-7-17(8-10-18)16-5-2-1-3-6-16/h1-3,5-10,30-31H,4,11-15H2,(H,26,27)(H,28,29). The van der Waals surface area contributed by atoms with E-state index in [1.807, 2.05) is 42.5 Å². The predicted octanol–water partition coefficient (Wildman–Crippen LogP) is 1.84. The van der Waals surface area contributed by atoms with Crippen molar-refractivity contribution in [3.63, 3.8) is 0 Å². The summed E-state index contributed by atoms with van der Waals surface area (Å²) in [5.74, 6) is -4.01. The Morgan fingerprint density at radius 1 is 0.935 bits per heavy atom. The van der Waals surface area contributed by atoms with Crippen LogP contribution < -0.4 is 0 Å². The van der Waals surface area contributed by atoms with E-state index >= 15 is 0 Å². The number of benzene rings is 2.